The highest BCUT2D eigenvalue weighted by molar-refractivity contribution is 5.95. The molecule has 2 heterocycles. The Hall–Kier alpha value is -2.99. The van der Waals surface area contributed by atoms with Gasteiger partial charge in [-0.15, -0.1) is 0 Å². The molecular weight excluding hydrogens is 328 g/mol. The molecule has 0 aliphatic carbocycles. The average molecular weight is 350 g/mol. The lowest BCUT2D eigenvalue weighted by Gasteiger charge is -2.27. The van der Waals surface area contributed by atoms with E-state index < -0.39 is 0 Å². The van der Waals surface area contributed by atoms with Gasteiger partial charge in [0.15, 0.2) is 0 Å². The zero-order valence-corrected chi connectivity index (χ0v) is 15.2. The minimum atomic E-state index is -0.259. The van der Waals surface area contributed by atoms with Crippen molar-refractivity contribution in [2.45, 2.75) is 6.04 Å². The van der Waals surface area contributed by atoms with E-state index in [9.17, 15) is 4.79 Å². The number of rotatable bonds is 6. The largest absolute Gasteiger partial charge is 0.382 e. The molecule has 3 aromatic rings. The molecule has 0 radical (unpaired) electrons. The van der Waals surface area contributed by atoms with E-state index in [1.807, 2.05) is 60.3 Å². The number of amides is 1. The summed E-state index contributed by atoms with van der Waals surface area (Å²) in [6.07, 6.45) is 5.34. The molecule has 0 aliphatic heterocycles. The fourth-order valence-electron chi connectivity index (χ4n) is 2.91. The predicted octanol–water partition coefficient (Wildman–Crippen LogP) is 2.94. The van der Waals surface area contributed by atoms with Crippen molar-refractivity contribution in [2.75, 3.05) is 20.8 Å². The Morgan fingerprint density at radius 1 is 1.19 bits per heavy atom. The smallest absolute Gasteiger partial charge is 0.254 e. The second-order valence-corrected chi connectivity index (χ2v) is 6.08. The van der Waals surface area contributed by atoms with E-state index in [0.29, 0.717) is 12.2 Å². The molecular formula is C20H22N4O2. The maximum atomic E-state index is 13.1. The number of likely N-dealkylation sites (N-methyl/N-ethyl adjacent to an activating group) is 1. The van der Waals surface area contributed by atoms with Crippen LogP contribution in [0.2, 0.25) is 0 Å². The van der Waals surface area contributed by atoms with E-state index >= 15 is 0 Å². The number of methoxy groups -OCH3 is 1. The number of imidazole rings is 1. The van der Waals surface area contributed by atoms with Crippen molar-refractivity contribution in [3.63, 3.8) is 0 Å². The van der Waals surface area contributed by atoms with E-state index in [0.717, 1.165) is 17.1 Å². The fourth-order valence-corrected chi connectivity index (χ4v) is 2.91. The summed E-state index contributed by atoms with van der Waals surface area (Å²) >= 11 is 0. The molecule has 134 valence electrons. The van der Waals surface area contributed by atoms with Gasteiger partial charge in [-0.3, -0.25) is 9.78 Å². The molecule has 0 N–H and O–H groups in total. The molecule has 0 aliphatic rings. The van der Waals surface area contributed by atoms with Crippen LogP contribution in [0, 0.1) is 0 Å². The van der Waals surface area contributed by atoms with Crippen LogP contribution in [-0.4, -0.2) is 46.1 Å². The summed E-state index contributed by atoms with van der Waals surface area (Å²) in [6.45, 7) is 0.373. The number of aryl methyl sites for hydroxylation is 1. The summed E-state index contributed by atoms with van der Waals surface area (Å²) in [7, 11) is 5.32. The predicted molar refractivity (Wildman–Crippen MR) is 99.6 cm³/mol. The zero-order chi connectivity index (χ0) is 18.5. The summed E-state index contributed by atoms with van der Waals surface area (Å²) in [5, 5.41) is 0. The number of ether oxygens (including phenoxy) is 1. The summed E-state index contributed by atoms with van der Waals surface area (Å²) in [4.78, 5) is 23.5. The first kappa shape index (κ1) is 17.8. The number of aromatic nitrogens is 3. The first-order chi connectivity index (χ1) is 12.6. The fraction of sp³-hybridized carbons (Fsp3) is 0.250. The molecule has 6 heteroatoms. The summed E-state index contributed by atoms with van der Waals surface area (Å²) in [5.41, 5.74) is 2.30. The molecule has 1 atom stereocenters. The van der Waals surface area contributed by atoms with Crippen molar-refractivity contribution in [1.82, 2.24) is 19.4 Å². The first-order valence-corrected chi connectivity index (χ1v) is 8.36. The highest BCUT2D eigenvalue weighted by atomic mass is 16.5. The van der Waals surface area contributed by atoms with Crippen LogP contribution < -0.4 is 0 Å². The monoisotopic (exact) mass is 350 g/mol. The van der Waals surface area contributed by atoms with Crippen molar-refractivity contribution in [1.29, 1.82) is 0 Å². The molecule has 2 aromatic heterocycles. The van der Waals surface area contributed by atoms with Gasteiger partial charge < -0.3 is 14.2 Å². The highest BCUT2D eigenvalue weighted by Crippen LogP contribution is 2.23. The number of hydrogen-bond donors (Lipinski definition) is 0. The van der Waals surface area contributed by atoms with E-state index in [4.69, 9.17) is 4.74 Å². The lowest BCUT2D eigenvalue weighted by molar-refractivity contribution is 0.0595. The van der Waals surface area contributed by atoms with Gasteiger partial charge in [-0.05, 0) is 24.3 Å². The average Bonchev–Trinajstić information content (AvgIpc) is 3.11. The van der Waals surface area contributed by atoms with Crippen LogP contribution in [-0.2, 0) is 11.8 Å². The van der Waals surface area contributed by atoms with Crippen molar-refractivity contribution in [3.8, 4) is 11.4 Å². The Bertz CT molecular complexity index is 876. The van der Waals surface area contributed by atoms with Crippen LogP contribution in [0.5, 0.6) is 0 Å². The Kier molecular flexibility index (Phi) is 5.43. The number of benzene rings is 1. The third-order valence-electron chi connectivity index (χ3n) is 4.33. The molecule has 3 rings (SSSR count). The van der Waals surface area contributed by atoms with Gasteiger partial charge in [-0.2, -0.15) is 0 Å². The van der Waals surface area contributed by atoms with Gasteiger partial charge in [-0.25, -0.2) is 4.98 Å². The second-order valence-electron chi connectivity index (χ2n) is 6.08. The van der Waals surface area contributed by atoms with Crippen molar-refractivity contribution in [3.05, 3.63) is 72.3 Å². The molecule has 6 nitrogen and oxygen atoms in total. The van der Waals surface area contributed by atoms with Crippen LogP contribution in [0.1, 0.15) is 22.1 Å². The lowest BCUT2D eigenvalue weighted by atomic mass is 10.1. The summed E-state index contributed by atoms with van der Waals surface area (Å²) < 4.78 is 7.24. The van der Waals surface area contributed by atoms with Crippen LogP contribution in [0.15, 0.2) is 61.1 Å². The maximum absolute atomic E-state index is 13.1. The van der Waals surface area contributed by atoms with Gasteiger partial charge in [0, 0.05) is 50.9 Å². The topological polar surface area (TPSA) is 60.2 Å². The number of pyridine rings is 1. The second kappa shape index (κ2) is 7.93. The van der Waals surface area contributed by atoms with Gasteiger partial charge in [0.25, 0.3) is 5.91 Å². The van der Waals surface area contributed by atoms with Gasteiger partial charge >= 0.3 is 0 Å². The Morgan fingerprint density at radius 2 is 2.04 bits per heavy atom. The van der Waals surface area contributed by atoms with Gasteiger partial charge in [0.2, 0.25) is 0 Å². The number of carbonyl (C=O) groups is 1. The lowest BCUT2D eigenvalue weighted by Crippen LogP contribution is -2.34. The first-order valence-electron chi connectivity index (χ1n) is 8.36. The Labute approximate surface area is 153 Å². The molecule has 0 saturated heterocycles. The normalized spacial score (nSPS) is 12.0. The van der Waals surface area contributed by atoms with Crippen molar-refractivity contribution in [2.24, 2.45) is 7.05 Å². The van der Waals surface area contributed by atoms with Crippen molar-refractivity contribution < 1.29 is 9.53 Å². The Morgan fingerprint density at radius 3 is 2.69 bits per heavy atom. The molecule has 1 aromatic carbocycles. The van der Waals surface area contributed by atoms with E-state index in [1.54, 1.807) is 31.5 Å². The van der Waals surface area contributed by atoms with E-state index in [1.165, 1.54) is 0 Å². The van der Waals surface area contributed by atoms with Gasteiger partial charge in [-0.1, -0.05) is 18.2 Å². The number of carbonyl (C=O) groups excluding carboxylic acids is 1. The van der Waals surface area contributed by atoms with Gasteiger partial charge in [0.05, 0.1) is 18.3 Å². The summed E-state index contributed by atoms with van der Waals surface area (Å²) in [6, 6.07) is 12.9. The zero-order valence-electron chi connectivity index (χ0n) is 15.2. The molecule has 0 fully saturated rings. The minimum Gasteiger partial charge on any atom is -0.382 e. The van der Waals surface area contributed by atoms with Crippen LogP contribution in [0.4, 0.5) is 0 Å². The number of nitrogens with zero attached hydrogens (tertiary/aromatic N) is 4. The SMILES string of the molecule is COC[C@@H](c1ccccn1)N(C)C(=O)c1cccc(-c2nccn2C)c1. The quantitative estimate of drug-likeness (QED) is 0.686. The molecule has 0 bridgehead atoms. The van der Waals surface area contributed by atoms with Crippen LogP contribution in [0.25, 0.3) is 11.4 Å². The summed E-state index contributed by atoms with van der Waals surface area (Å²) in [5.74, 6) is 0.731. The molecule has 26 heavy (non-hydrogen) atoms. The molecule has 0 spiro atoms. The molecule has 0 unspecified atom stereocenters. The standard InChI is InChI=1S/C20H22N4O2/c1-23-12-11-22-19(23)15-7-6-8-16(13-15)20(25)24(2)18(14-26-3)17-9-4-5-10-21-17/h4-13,18H,14H2,1-3H3/t18-/m0/s1. The highest BCUT2D eigenvalue weighted by Gasteiger charge is 2.24. The Balaban J connectivity index is 1.89. The minimum absolute atomic E-state index is 0.0891. The third kappa shape index (κ3) is 3.65. The number of hydrogen-bond acceptors (Lipinski definition) is 4. The van der Waals surface area contributed by atoms with E-state index in [-0.39, 0.29) is 11.9 Å². The van der Waals surface area contributed by atoms with Gasteiger partial charge in [0.1, 0.15) is 5.82 Å². The maximum Gasteiger partial charge on any atom is 0.254 e. The molecule has 0 saturated carbocycles. The third-order valence-corrected chi connectivity index (χ3v) is 4.33. The van der Waals surface area contributed by atoms with Crippen molar-refractivity contribution >= 4 is 5.91 Å². The van der Waals surface area contributed by atoms with Crippen LogP contribution in [0.3, 0.4) is 0 Å². The van der Waals surface area contributed by atoms with E-state index in [2.05, 4.69) is 9.97 Å². The molecule has 1 amide bonds. The van der Waals surface area contributed by atoms with Crippen LogP contribution >= 0.6 is 0 Å².